The standard InChI is InChI=1S/C18H19N5O/c1-14-5-4-6-15(11-14)18(24)20-8-7-19-16-12-17(22-13-21-16)23-9-2-3-10-23/h2-6,9-13H,7-8H2,1H3,(H,20,24)(H,19,21,22). The number of nitrogens with one attached hydrogen (secondary N) is 2. The topological polar surface area (TPSA) is 71.8 Å². The molecular weight excluding hydrogens is 302 g/mol. The molecule has 3 rings (SSSR count). The molecule has 122 valence electrons. The first-order valence-corrected chi connectivity index (χ1v) is 7.76. The normalized spacial score (nSPS) is 10.4. The minimum Gasteiger partial charge on any atom is -0.368 e. The van der Waals surface area contributed by atoms with Crippen molar-refractivity contribution in [2.75, 3.05) is 18.4 Å². The lowest BCUT2D eigenvalue weighted by Crippen LogP contribution is -2.28. The fourth-order valence-electron chi connectivity index (χ4n) is 2.33. The minimum absolute atomic E-state index is 0.0729. The Hall–Kier alpha value is -3.15. The van der Waals surface area contributed by atoms with Crippen molar-refractivity contribution < 1.29 is 4.79 Å². The van der Waals surface area contributed by atoms with Crippen LogP contribution in [0.3, 0.4) is 0 Å². The molecule has 0 bridgehead atoms. The number of aryl methyl sites for hydroxylation is 1. The molecule has 0 spiro atoms. The molecule has 2 N–H and O–H groups in total. The molecular formula is C18H19N5O. The maximum absolute atomic E-state index is 12.0. The molecule has 2 aromatic heterocycles. The maximum Gasteiger partial charge on any atom is 0.251 e. The molecule has 0 atom stereocenters. The molecule has 0 unspecified atom stereocenters. The van der Waals surface area contributed by atoms with E-state index in [2.05, 4.69) is 20.6 Å². The average molecular weight is 321 g/mol. The average Bonchev–Trinajstić information content (AvgIpc) is 3.13. The molecule has 6 nitrogen and oxygen atoms in total. The molecule has 0 fully saturated rings. The maximum atomic E-state index is 12.0. The number of hydrogen-bond donors (Lipinski definition) is 2. The van der Waals surface area contributed by atoms with Crippen LogP contribution in [0.4, 0.5) is 5.82 Å². The van der Waals surface area contributed by atoms with Gasteiger partial charge in [0, 0.05) is 37.1 Å². The zero-order valence-corrected chi connectivity index (χ0v) is 13.4. The molecule has 6 heteroatoms. The van der Waals surface area contributed by atoms with Crippen molar-refractivity contribution in [3.63, 3.8) is 0 Å². The Bertz CT molecular complexity index is 814. The van der Waals surface area contributed by atoms with E-state index in [1.165, 1.54) is 6.33 Å². The first kappa shape index (κ1) is 15.7. The van der Waals surface area contributed by atoms with E-state index < -0.39 is 0 Å². The number of anilines is 1. The smallest absolute Gasteiger partial charge is 0.251 e. The lowest BCUT2D eigenvalue weighted by atomic mass is 10.1. The van der Waals surface area contributed by atoms with Crippen LogP contribution in [0.25, 0.3) is 5.82 Å². The summed E-state index contributed by atoms with van der Waals surface area (Å²) in [7, 11) is 0. The molecule has 1 aromatic carbocycles. The van der Waals surface area contributed by atoms with E-state index in [0.717, 1.165) is 17.2 Å². The molecule has 0 aliphatic carbocycles. The van der Waals surface area contributed by atoms with E-state index in [-0.39, 0.29) is 5.91 Å². The van der Waals surface area contributed by atoms with E-state index in [0.29, 0.717) is 18.7 Å². The van der Waals surface area contributed by atoms with Gasteiger partial charge in [-0.2, -0.15) is 0 Å². The van der Waals surface area contributed by atoms with Crippen molar-refractivity contribution in [3.05, 3.63) is 72.3 Å². The summed E-state index contributed by atoms with van der Waals surface area (Å²) >= 11 is 0. The third-order valence-electron chi connectivity index (χ3n) is 3.52. The SMILES string of the molecule is Cc1cccc(C(=O)NCCNc2cc(-n3cccc3)ncn2)c1. The van der Waals surface area contributed by atoms with Crippen LogP contribution in [0.2, 0.25) is 0 Å². The third-order valence-corrected chi connectivity index (χ3v) is 3.52. The zero-order valence-electron chi connectivity index (χ0n) is 13.4. The Labute approximate surface area is 140 Å². The van der Waals surface area contributed by atoms with E-state index in [1.54, 1.807) is 0 Å². The molecule has 24 heavy (non-hydrogen) atoms. The fraction of sp³-hybridized carbons (Fsp3) is 0.167. The van der Waals surface area contributed by atoms with Crippen molar-refractivity contribution in [2.45, 2.75) is 6.92 Å². The van der Waals surface area contributed by atoms with E-state index in [1.807, 2.05) is 66.3 Å². The van der Waals surface area contributed by atoms with Gasteiger partial charge in [0.05, 0.1) is 0 Å². The van der Waals surface area contributed by atoms with Crippen LogP contribution in [-0.2, 0) is 0 Å². The van der Waals surface area contributed by atoms with Gasteiger partial charge < -0.3 is 15.2 Å². The Morgan fingerprint density at radius 1 is 1.08 bits per heavy atom. The van der Waals surface area contributed by atoms with Gasteiger partial charge in [-0.05, 0) is 31.2 Å². The van der Waals surface area contributed by atoms with Gasteiger partial charge in [-0.15, -0.1) is 0 Å². The van der Waals surface area contributed by atoms with Crippen molar-refractivity contribution in [3.8, 4) is 5.82 Å². The molecule has 1 amide bonds. The molecule has 0 radical (unpaired) electrons. The third kappa shape index (κ3) is 3.98. The summed E-state index contributed by atoms with van der Waals surface area (Å²) in [5.41, 5.74) is 1.74. The summed E-state index contributed by atoms with van der Waals surface area (Å²) < 4.78 is 1.91. The van der Waals surface area contributed by atoms with Gasteiger partial charge in [0.1, 0.15) is 18.0 Å². The number of nitrogens with zero attached hydrogens (tertiary/aromatic N) is 3. The van der Waals surface area contributed by atoms with Crippen molar-refractivity contribution in [1.29, 1.82) is 0 Å². The highest BCUT2D eigenvalue weighted by molar-refractivity contribution is 5.94. The van der Waals surface area contributed by atoms with Crippen LogP contribution in [0.5, 0.6) is 0 Å². The minimum atomic E-state index is -0.0729. The first-order valence-electron chi connectivity index (χ1n) is 7.76. The summed E-state index contributed by atoms with van der Waals surface area (Å²) in [6.45, 7) is 3.06. The largest absolute Gasteiger partial charge is 0.368 e. The number of rotatable bonds is 6. The summed E-state index contributed by atoms with van der Waals surface area (Å²) in [6.07, 6.45) is 5.37. The number of amides is 1. The fourth-order valence-corrected chi connectivity index (χ4v) is 2.33. The zero-order chi connectivity index (χ0) is 16.8. The molecule has 0 saturated carbocycles. The quantitative estimate of drug-likeness (QED) is 0.684. The van der Waals surface area contributed by atoms with Crippen LogP contribution >= 0.6 is 0 Å². The molecule has 3 aromatic rings. The van der Waals surface area contributed by atoms with Gasteiger partial charge in [-0.25, -0.2) is 9.97 Å². The number of carbonyl (C=O) groups is 1. The lowest BCUT2D eigenvalue weighted by Gasteiger charge is -2.09. The predicted octanol–water partition coefficient (Wildman–Crippen LogP) is 2.42. The Morgan fingerprint density at radius 3 is 2.71 bits per heavy atom. The van der Waals surface area contributed by atoms with Gasteiger partial charge in [0.25, 0.3) is 5.91 Å². The number of carbonyl (C=O) groups excluding carboxylic acids is 1. The van der Waals surface area contributed by atoms with Crippen LogP contribution in [0.1, 0.15) is 15.9 Å². The van der Waals surface area contributed by atoms with Crippen molar-refractivity contribution in [2.24, 2.45) is 0 Å². The monoisotopic (exact) mass is 321 g/mol. The number of benzene rings is 1. The summed E-state index contributed by atoms with van der Waals surface area (Å²) in [6, 6.07) is 13.3. The van der Waals surface area contributed by atoms with Crippen LogP contribution in [-0.4, -0.2) is 33.5 Å². The first-order chi connectivity index (χ1) is 11.7. The highest BCUT2D eigenvalue weighted by atomic mass is 16.1. The lowest BCUT2D eigenvalue weighted by molar-refractivity contribution is 0.0955. The second kappa shape index (κ2) is 7.41. The van der Waals surface area contributed by atoms with Crippen LogP contribution in [0.15, 0.2) is 61.2 Å². The van der Waals surface area contributed by atoms with Crippen molar-refractivity contribution >= 4 is 11.7 Å². The van der Waals surface area contributed by atoms with Crippen molar-refractivity contribution in [1.82, 2.24) is 19.9 Å². The molecule has 0 aliphatic heterocycles. The van der Waals surface area contributed by atoms with E-state index >= 15 is 0 Å². The second-order valence-electron chi connectivity index (χ2n) is 5.40. The summed E-state index contributed by atoms with van der Waals surface area (Å²) in [4.78, 5) is 20.5. The number of aromatic nitrogens is 3. The van der Waals surface area contributed by atoms with Gasteiger partial charge >= 0.3 is 0 Å². The predicted molar refractivity (Wildman–Crippen MR) is 93.4 cm³/mol. The number of hydrogen-bond acceptors (Lipinski definition) is 4. The Kier molecular flexibility index (Phi) is 4.86. The molecule has 2 heterocycles. The van der Waals surface area contributed by atoms with Gasteiger partial charge in [-0.3, -0.25) is 4.79 Å². The van der Waals surface area contributed by atoms with E-state index in [9.17, 15) is 4.79 Å². The van der Waals surface area contributed by atoms with Crippen LogP contribution in [0, 0.1) is 6.92 Å². The Balaban J connectivity index is 1.50. The Morgan fingerprint density at radius 2 is 1.92 bits per heavy atom. The van der Waals surface area contributed by atoms with Gasteiger partial charge in [0.2, 0.25) is 0 Å². The highest BCUT2D eigenvalue weighted by Crippen LogP contribution is 2.08. The van der Waals surface area contributed by atoms with E-state index in [4.69, 9.17) is 0 Å². The summed E-state index contributed by atoms with van der Waals surface area (Å²) in [5.74, 6) is 1.44. The molecule has 0 saturated heterocycles. The molecule has 0 aliphatic rings. The van der Waals surface area contributed by atoms with Gasteiger partial charge in [-0.1, -0.05) is 17.7 Å². The second-order valence-corrected chi connectivity index (χ2v) is 5.40. The van der Waals surface area contributed by atoms with Crippen LogP contribution < -0.4 is 10.6 Å². The summed E-state index contributed by atoms with van der Waals surface area (Å²) in [5, 5.41) is 6.07. The highest BCUT2D eigenvalue weighted by Gasteiger charge is 2.04. The van der Waals surface area contributed by atoms with Gasteiger partial charge in [0.15, 0.2) is 0 Å².